The van der Waals surface area contributed by atoms with Crippen molar-refractivity contribution in [3.05, 3.63) is 76.6 Å². The largest absolute Gasteiger partial charge is 0.321 e. The Morgan fingerprint density at radius 2 is 1.50 bits per heavy atom. The fraction of sp³-hybridized carbons (Fsp3) is 0.333. The van der Waals surface area contributed by atoms with Crippen LogP contribution >= 0.6 is 0 Å². The van der Waals surface area contributed by atoms with Crippen LogP contribution in [0.5, 0.6) is 0 Å². The van der Waals surface area contributed by atoms with Gasteiger partial charge in [-0.25, -0.2) is 4.68 Å². The lowest BCUT2D eigenvalue weighted by Crippen LogP contribution is -2.16. The Kier molecular flexibility index (Phi) is 5.68. The molecule has 1 amide bonds. The van der Waals surface area contributed by atoms with Gasteiger partial charge in [0.15, 0.2) is 0 Å². The van der Waals surface area contributed by atoms with E-state index >= 15 is 0 Å². The Labute approximate surface area is 167 Å². The lowest BCUT2D eigenvalue weighted by molar-refractivity contribution is 0.102. The average Bonchev–Trinajstić information content (AvgIpc) is 3.03. The van der Waals surface area contributed by atoms with Crippen molar-refractivity contribution < 1.29 is 4.79 Å². The van der Waals surface area contributed by atoms with Crippen molar-refractivity contribution in [3.63, 3.8) is 0 Å². The summed E-state index contributed by atoms with van der Waals surface area (Å²) in [6, 6.07) is 14.4. The third-order valence-electron chi connectivity index (χ3n) is 5.14. The van der Waals surface area contributed by atoms with Gasteiger partial charge in [0.25, 0.3) is 5.91 Å². The Bertz CT molecular complexity index is 955. The van der Waals surface area contributed by atoms with Gasteiger partial charge in [0.05, 0.1) is 23.1 Å². The zero-order valence-corrected chi connectivity index (χ0v) is 17.6. The number of carbonyl (C=O) groups is 1. The molecule has 2 aromatic carbocycles. The van der Waals surface area contributed by atoms with Crippen LogP contribution in [0.15, 0.2) is 48.7 Å². The fourth-order valence-electron chi connectivity index (χ4n) is 3.46. The van der Waals surface area contributed by atoms with Crippen molar-refractivity contribution in [1.82, 2.24) is 9.78 Å². The van der Waals surface area contributed by atoms with Gasteiger partial charge in [0, 0.05) is 5.69 Å². The van der Waals surface area contributed by atoms with E-state index in [1.54, 1.807) is 6.20 Å². The molecule has 0 fully saturated rings. The first-order valence-electron chi connectivity index (χ1n) is 9.85. The van der Waals surface area contributed by atoms with Gasteiger partial charge in [-0.2, -0.15) is 5.10 Å². The maximum Gasteiger partial charge on any atom is 0.259 e. The highest BCUT2D eigenvalue weighted by Crippen LogP contribution is 2.33. The molecule has 0 radical (unpaired) electrons. The number of aryl methyl sites for hydroxylation is 1. The van der Waals surface area contributed by atoms with Gasteiger partial charge < -0.3 is 5.32 Å². The lowest BCUT2D eigenvalue weighted by atomic mass is 9.92. The van der Waals surface area contributed by atoms with Gasteiger partial charge in [-0.15, -0.1) is 0 Å². The van der Waals surface area contributed by atoms with Gasteiger partial charge in [-0.05, 0) is 48.9 Å². The van der Waals surface area contributed by atoms with Crippen LogP contribution in [0.1, 0.15) is 72.3 Å². The van der Waals surface area contributed by atoms with Crippen molar-refractivity contribution in [2.45, 2.75) is 53.4 Å². The predicted octanol–water partition coefficient (Wildman–Crippen LogP) is 5.99. The molecule has 0 aliphatic rings. The molecule has 0 bridgehead atoms. The van der Waals surface area contributed by atoms with Gasteiger partial charge in [0.2, 0.25) is 0 Å². The molecule has 0 saturated carbocycles. The van der Waals surface area contributed by atoms with E-state index in [1.807, 2.05) is 35.9 Å². The van der Waals surface area contributed by atoms with Crippen molar-refractivity contribution in [2.24, 2.45) is 0 Å². The van der Waals surface area contributed by atoms with Crippen LogP contribution in [0, 0.1) is 13.8 Å². The van der Waals surface area contributed by atoms with Crippen LogP contribution in [-0.2, 0) is 0 Å². The van der Waals surface area contributed by atoms with Crippen molar-refractivity contribution in [1.29, 1.82) is 0 Å². The molecule has 3 rings (SSSR count). The van der Waals surface area contributed by atoms with Crippen molar-refractivity contribution in [2.75, 3.05) is 5.32 Å². The van der Waals surface area contributed by atoms with Gasteiger partial charge in [-0.1, -0.05) is 63.6 Å². The first-order chi connectivity index (χ1) is 13.3. The molecule has 0 aliphatic carbocycles. The summed E-state index contributed by atoms with van der Waals surface area (Å²) in [6.45, 7) is 12.6. The van der Waals surface area contributed by atoms with E-state index in [2.05, 4.69) is 63.2 Å². The van der Waals surface area contributed by atoms with E-state index in [4.69, 9.17) is 0 Å². The number of para-hydroxylation sites is 1. The molecule has 0 saturated heterocycles. The summed E-state index contributed by atoms with van der Waals surface area (Å²) >= 11 is 0. The zero-order chi connectivity index (χ0) is 20.4. The second-order valence-electron chi connectivity index (χ2n) is 7.97. The fourth-order valence-corrected chi connectivity index (χ4v) is 3.46. The van der Waals surface area contributed by atoms with Crippen LogP contribution in [0.4, 0.5) is 5.69 Å². The van der Waals surface area contributed by atoms with E-state index in [1.165, 1.54) is 5.56 Å². The molecule has 1 aromatic heterocycles. The van der Waals surface area contributed by atoms with Crippen molar-refractivity contribution in [3.8, 4) is 5.69 Å². The Balaban J connectivity index is 1.96. The zero-order valence-electron chi connectivity index (χ0n) is 17.6. The first-order valence-corrected chi connectivity index (χ1v) is 9.85. The standard InChI is InChI=1S/C24H29N3O/c1-15(2)20-8-7-9-21(16(3)4)23(20)26-24(28)22-14-25-27(18(22)6)19-12-10-17(5)11-13-19/h7-16H,1-6H3,(H,26,28). The minimum Gasteiger partial charge on any atom is -0.321 e. The molecule has 28 heavy (non-hydrogen) atoms. The molecule has 0 unspecified atom stereocenters. The molecule has 1 heterocycles. The maximum absolute atomic E-state index is 13.1. The summed E-state index contributed by atoms with van der Waals surface area (Å²) in [5.74, 6) is 0.529. The smallest absolute Gasteiger partial charge is 0.259 e. The number of carbonyl (C=O) groups excluding carboxylic acids is 1. The molecule has 1 N–H and O–H groups in total. The topological polar surface area (TPSA) is 46.9 Å². The Morgan fingerprint density at radius 1 is 0.929 bits per heavy atom. The summed E-state index contributed by atoms with van der Waals surface area (Å²) in [4.78, 5) is 13.1. The molecule has 3 aromatic rings. The highest BCUT2D eigenvalue weighted by atomic mass is 16.1. The number of amides is 1. The van der Waals surface area contributed by atoms with Gasteiger partial charge >= 0.3 is 0 Å². The number of nitrogens with zero attached hydrogens (tertiary/aromatic N) is 2. The van der Waals surface area contributed by atoms with Crippen LogP contribution in [0.2, 0.25) is 0 Å². The third kappa shape index (κ3) is 3.86. The number of rotatable bonds is 5. The van der Waals surface area contributed by atoms with Crippen LogP contribution in [0.3, 0.4) is 0 Å². The summed E-state index contributed by atoms with van der Waals surface area (Å²) in [6.07, 6.45) is 1.65. The normalized spacial score (nSPS) is 11.3. The quantitative estimate of drug-likeness (QED) is 0.595. The number of anilines is 1. The summed E-state index contributed by atoms with van der Waals surface area (Å²) in [5.41, 5.74) is 6.81. The second kappa shape index (κ2) is 8.01. The summed E-state index contributed by atoms with van der Waals surface area (Å²) in [5, 5.41) is 7.63. The van der Waals surface area contributed by atoms with Gasteiger partial charge in [0.1, 0.15) is 0 Å². The molecule has 4 heteroatoms. The van der Waals surface area contributed by atoms with E-state index < -0.39 is 0 Å². The number of hydrogen-bond acceptors (Lipinski definition) is 2. The Hall–Kier alpha value is -2.88. The van der Waals surface area contributed by atoms with E-state index in [0.717, 1.165) is 28.2 Å². The van der Waals surface area contributed by atoms with Gasteiger partial charge in [-0.3, -0.25) is 4.79 Å². The first kappa shape index (κ1) is 19.9. The maximum atomic E-state index is 13.1. The highest BCUT2D eigenvalue weighted by Gasteiger charge is 2.20. The number of benzene rings is 2. The predicted molar refractivity (Wildman–Crippen MR) is 116 cm³/mol. The third-order valence-corrected chi connectivity index (χ3v) is 5.14. The van der Waals surface area contributed by atoms with Crippen LogP contribution in [0.25, 0.3) is 5.69 Å². The molecule has 4 nitrogen and oxygen atoms in total. The summed E-state index contributed by atoms with van der Waals surface area (Å²) in [7, 11) is 0. The van der Waals surface area contributed by atoms with Crippen LogP contribution < -0.4 is 5.32 Å². The van der Waals surface area contributed by atoms with Crippen molar-refractivity contribution >= 4 is 11.6 Å². The second-order valence-corrected chi connectivity index (χ2v) is 7.97. The molecule has 0 spiro atoms. The lowest BCUT2D eigenvalue weighted by Gasteiger charge is -2.20. The molecule has 0 atom stereocenters. The number of nitrogens with one attached hydrogen (secondary N) is 1. The average molecular weight is 376 g/mol. The molecule has 0 aliphatic heterocycles. The minimum absolute atomic E-state index is 0.120. The minimum atomic E-state index is -0.120. The highest BCUT2D eigenvalue weighted by molar-refractivity contribution is 6.05. The molecular formula is C24H29N3O. The summed E-state index contributed by atoms with van der Waals surface area (Å²) < 4.78 is 1.81. The van der Waals surface area contributed by atoms with E-state index in [0.29, 0.717) is 17.4 Å². The SMILES string of the molecule is Cc1ccc(-n2ncc(C(=O)Nc3c(C(C)C)cccc3C(C)C)c2C)cc1. The van der Waals surface area contributed by atoms with E-state index in [9.17, 15) is 4.79 Å². The van der Waals surface area contributed by atoms with E-state index in [-0.39, 0.29) is 5.91 Å². The number of aromatic nitrogens is 2. The monoisotopic (exact) mass is 375 g/mol. The Morgan fingerprint density at radius 3 is 2.04 bits per heavy atom. The molecule has 146 valence electrons. The molecular weight excluding hydrogens is 346 g/mol. The number of hydrogen-bond donors (Lipinski definition) is 1. The van der Waals surface area contributed by atoms with Crippen LogP contribution in [-0.4, -0.2) is 15.7 Å².